The van der Waals surface area contributed by atoms with Crippen molar-refractivity contribution in [2.75, 3.05) is 6.79 Å². The molecular weight excluding hydrogens is 298 g/mol. The van der Waals surface area contributed by atoms with Gasteiger partial charge >= 0.3 is 0 Å². The quantitative estimate of drug-likeness (QED) is 0.519. The Hall–Kier alpha value is -2.62. The van der Waals surface area contributed by atoms with Gasteiger partial charge in [0.25, 0.3) is 0 Å². The van der Waals surface area contributed by atoms with E-state index in [0.29, 0.717) is 13.2 Å². The van der Waals surface area contributed by atoms with Crippen molar-refractivity contribution in [3.63, 3.8) is 0 Å². The summed E-state index contributed by atoms with van der Waals surface area (Å²) in [6.07, 6.45) is 0. The monoisotopic (exact) mass is 319 g/mol. The van der Waals surface area contributed by atoms with E-state index in [9.17, 15) is 0 Å². The molecule has 0 atom stereocenters. The summed E-state index contributed by atoms with van der Waals surface area (Å²) >= 11 is 0. The Morgan fingerprint density at radius 1 is 0.667 bits per heavy atom. The third kappa shape index (κ3) is 4.44. The van der Waals surface area contributed by atoms with Crippen molar-refractivity contribution < 1.29 is 9.47 Å². The molecule has 0 amide bonds. The van der Waals surface area contributed by atoms with Crippen LogP contribution in [0.1, 0.15) is 11.1 Å². The Labute approximate surface area is 142 Å². The first-order chi connectivity index (χ1) is 11.8. The van der Waals surface area contributed by atoms with E-state index in [0.717, 1.165) is 22.4 Å². The lowest BCUT2D eigenvalue weighted by atomic mass is 10.0. The maximum Gasteiger partial charge on any atom is 0.189 e. The average Bonchev–Trinajstić information content (AvgIpc) is 2.67. The number of nitrogens with two attached hydrogens (primary N) is 1. The van der Waals surface area contributed by atoms with Gasteiger partial charge in [0.1, 0.15) is 5.75 Å². The number of benzene rings is 3. The van der Waals surface area contributed by atoms with Gasteiger partial charge in [-0.3, -0.25) is 0 Å². The highest BCUT2D eigenvalue weighted by atomic mass is 16.7. The summed E-state index contributed by atoms with van der Waals surface area (Å²) in [5, 5.41) is 0. The van der Waals surface area contributed by atoms with Gasteiger partial charge in [0.05, 0.1) is 6.61 Å². The van der Waals surface area contributed by atoms with Crippen molar-refractivity contribution in [1.82, 2.24) is 0 Å². The summed E-state index contributed by atoms with van der Waals surface area (Å²) in [6.45, 7) is 1.35. The molecule has 0 saturated heterocycles. The molecule has 0 aromatic heterocycles. The molecule has 3 aromatic rings. The Balaban J connectivity index is 1.50. The van der Waals surface area contributed by atoms with E-state index in [1.54, 1.807) is 0 Å². The molecule has 0 spiro atoms. The second-order valence-electron chi connectivity index (χ2n) is 5.52. The number of hydrogen-bond donors (Lipinski definition) is 1. The van der Waals surface area contributed by atoms with Gasteiger partial charge in [0.15, 0.2) is 6.79 Å². The number of hydrogen-bond acceptors (Lipinski definition) is 3. The van der Waals surface area contributed by atoms with E-state index >= 15 is 0 Å². The van der Waals surface area contributed by atoms with E-state index in [1.165, 1.54) is 5.56 Å². The van der Waals surface area contributed by atoms with Gasteiger partial charge in [-0.25, -0.2) is 0 Å². The molecule has 3 nitrogen and oxygen atoms in total. The zero-order valence-electron chi connectivity index (χ0n) is 13.5. The lowest BCUT2D eigenvalue weighted by molar-refractivity contribution is 0.00505. The molecule has 0 aliphatic heterocycles. The maximum absolute atomic E-state index is 5.63. The van der Waals surface area contributed by atoms with Gasteiger partial charge in [0, 0.05) is 6.54 Å². The van der Waals surface area contributed by atoms with Crippen LogP contribution < -0.4 is 10.5 Å². The summed E-state index contributed by atoms with van der Waals surface area (Å²) in [4.78, 5) is 0. The summed E-state index contributed by atoms with van der Waals surface area (Å²) in [6, 6.07) is 26.3. The molecular formula is C21H21NO2. The largest absolute Gasteiger partial charge is 0.468 e. The van der Waals surface area contributed by atoms with Gasteiger partial charge in [-0.05, 0) is 34.4 Å². The normalized spacial score (nSPS) is 10.5. The molecule has 3 heteroatoms. The highest BCUT2D eigenvalue weighted by Gasteiger charge is 2.00. The Bertz CT molecular complexity index is 737. The van der Waals surface area contributed by atoms with Crippen LogP contribution in [-0.2, 0) is 17.9 Å². The topological polar surface area (TPSA) is 44.5 Å². The molecule has 0 aliphatic carbocycles. The first-order valence-corrected chi connectivity index (χ1v) is 7.99. The van der Waals surface area contributed by atoms with Crippen LogP contribution in [0.25, 0.3) is 11.1 Å². The zero-order chi connectivity index (χ0) is 16.6. The summed E-state index contributed by atoms with van der Waals surface area (Å²) in [5.74, 6) is 0.797. The molecule has 0 aliphatic rings. The minimum absolute atomic E-state index is 0.236. The lowest BCUT2D eigenvalue weighted by Gasteiger charge is -2.08. The van der Waals surface area contributed by atoms with E-state index in [2.05, 4.69) is 24.3 Å². The van der Waals surface area contributed by atoms with Crippen molar-refractivity contribution in [3.05, 3.63) is 90.0 Å². The Kier molecular flexibility index (Phi) is 5.61. The smallest absolute Gasteiger partial charge is 0.189 e. The van der Waals surface area contributed by atoms with Gasteiger partial charge in [0.2, 0.25) is 0 Å². The van der Waals surface area contributed by atoms with Crippen molar-refractivity contribution >= 4 is 0 Å². The van der Waals surface area contributed by atoms with Crippen LogP contribution in [0.15, 0.2) is 78.9 Å². The third-order valence-electron chi connectivity index (χ3n) is 3.80. The molecule has 3 aromatic carbocycles. The van der Waals surface area contributed by atoms with Crippen LogP contribution in [0, 0.1) is 0 Å². The number of ether oxygens (including phenoxy) is 2. The fourth-order valence-electron chi connectivity index (χ4n) is 2.42. The first-order valence-electron chi connectivity index (χ1n) is 7.99. The third-order valence-corrected chi connectivity index (χ3v) is 3.80. The summed E-state index contributed by atoms with van der Waals surface area (Å²) in [7, 11) is 0. The van der Waals surface area contributed by atoms with Crippen LogP contribution in [0.2, 0.25) is 0 Å². The van der Waals surface area contributed by atoms with E-state index < -0.39 is 0 Å². The lowest BCUT2D eigenvalue weighted by Crippen LogP contribution is -2.02. The van der Waals surface area contributed by atoms with Crippen LogP contribution in [0.3, 0.4) is 0 Å². The average molecular weight is 319 g/mol. The van der Waals surface area contributed by atoms with Gasteiger partial charge in [-0.2, -0.15) is 0 Å². The Morgan fingerprint density at radius 3 is 1.92 bits per heavy atom. The zero-order valence-corrected chi connectivity index (χ0v) is 13.5. The van der Waals surface area contributed by atoms with E-state index in [1.807, 2.05) is 54.6 Å². The van der Waals surface area contributed by atoms with Crippen LogP contribution >= 0.6 is 0 Å². The van der Waals surface area contributed by atoms with E-state index in [4.69, 9.17) is 15.2 Å². The predicted molar refractivity (Wildman–Crippen MR) is 96.5 cm³/mol. The van der Waals surface area contributed by atoms with Crippen molar-refractivity contribution in [1.29, 1.82) is 0 Å². The summed E-state index contributed by atoms with van der Waals surface area (Å²) in [5.41, 5.74) is 10.2. The molecule has 3 rings (SSSR count). The van der Waals surface area contributed by atoms with Gasteiger partial charge < -0.3 is 15.2 Å². The SMILES string of the molecule is NCc1ccc(-c2ccc(OCOCc3ccccc3)cc2)cc1. The fraction of sp³-hybridized carbons (Fsp3) is 0.143. The van der Waals surface area contributed by atoms with Crippen LogP contribution in [0.5, 0.6) is 5.75 Å². The van der Waals surface area contributed by atoms with Crippen LogP contribution in [0.4, 0.5) is 0 Å². The predicted octanol–water partition coefficient (Wildman–Crippen LogP) is 4.37. The van der Waals surface area contributed by atoms with Crippen molar-refractivity contribution in [3.8, 4) is 16.9 Å². The second-order valence-corrected chi connectivity index (χ2v) is 5.52. The standard InChI is InChI=1S/C21H21NO2/c22-14-17-6-8-19(9-7-17)20-10-12-21(13-11-20)24-16-23-15-18-4-2-1-3-5-18/h1-13H,14-16,22H2. The molecule has 0 fully saturated rings. The molecule has 0 heterocycles. The van der Waals surface area contributed by atoms with Gasteiger partial charge in [-0.1, -0.05) is 66.7 Å². The second kappa shape index (κ2) is 8.29. The molecule has 0 bridgehead atoms. The van der Waals surface area contributed by atoms with Gasteiger partial charge in [-0.15, -0.1) is 0 Å². The van der Waals surface area contributed by atoms with E-state index in [-0.39, 0.29) is 6.79 Å². The maximum atomic E-state index is 5.63. The molecule has 24 heavy (non-hydrogen) atoms. The Morgan fingerprint density at radius 2 is 1.29 bits per heavy atom. The first kappa shape index (κ1) is 16.2. The minimum Gasteiger partial charge on any atom is -0.468 e. The summed E-state index contributed by atoms with van der Waals surface area (Å²) < 4.78 is 11.1. The highest BCUT2D eigenvalue weighted by molar-refractivity contribution is 5.64. The minimum atomic E-state index is 0.236. The molecule has 2 N–H and O–H groups in total. The highest BCUT2D eigenvalue weighted by Crippen LogP contribution is 2.22. The van der Waals surface area contributed by atoms with Crippen molar-refractivity contribution in [2.45, 2.75) is 13.2 Å². The van der Waals surface area contributed by atoms with Crippen molar-refractivity contribution in [2.24, 2.45) is 5.73 Å². The molecule has 0 saturated carbocycles. The number of rotatable bonds is 7. The molecule has 122 valence electrons. The molecule has 0 unspecified atom stereocenters. The van der Waals surface area contributed by atoms with Crippen LogP contribution in [-0.4, -0.2) is 6.79 Å². The molecule has 0 radical (unpaired) electrons. The fourth-order valence-corrected chi connectivity index (χ4v) is 2.42.